The van der Waals surface area contributed by atoms with E-state index in [1.165, 1.54) is 0 Å². The number of nitrogens with zero attached hydrogens (tertiary/aromatic N) is 3. The molecule has 134 valence electrons. The smallest absolute Gasteiger partial charge is 0.278 e. The van der Waals surface area contributed by atoms with Crippen LogP contribution in [0.1, 0.15) is 11.7 Å². The van der Waals surface area contributed by atoms with Crippen molar-refractivity contribution in [2.75, 3.05) is 13.7 Å². The number of hydrogen-bond donors (Lipinski definition) is 2. The zero-order valence-electron chi connectivity index (χ0n) is 14.1. The molecule has 0 spiro atoms. The van der Waals surface area contributed by atoms with Crippen LogP contribution in [0.4, 0.5) is 0 Å². The fourth-order valence-electron chi connectivity index (χ4n) is 2.47. The number of nitrogens with one attached hydrogen (secondary N) is 1. The van der Waals surface area contributed by atoms with E-state index in [0.717, 1.165) is 4.68 Å². The van der Waals surface area contributed by atoms with E-state index in [-0.39, 0.29) is 18.6 Å². The van der Waals surface area contributed by atoms with E-state index < -0.39 is 12.0 Å². The third kappa shape index (κ3) is 3.86. The highest BCUT2D eigenvalue weighted by Crippen LogP contribution is 2.16. The van der Waals surface area contributed by atoms with Crippen molar-refractivity contribution >= 4 is 16.8 Å². The molecule has 8 nitrogen and oxygen atoms in total. The van der Waals surface area contributed by atoms with Crippen LogP contribution in [-0.2, 0) is 11.3 Å². The summed E-state index contributed by atoms with van der Waals surface area (Å²) in [7, 11) is 1.56. The van der Waals surface area contributed by atoms with E-state index in [0.29, 0.717) is 22.2 Å². The molecule has 0 aliphatic carbocycles. The van der Waals surface area contributed by atoms with Crippen molar-refractivity contribution in [3.05, 3.63) is 64.4 Å². The normalized spacial score (nSPS) is 11.9. The van der Waals surface area contributed by atoms with E-state index in [1.54, 1.807) is 55.6 Å². The van der Waals surface area contributed by atoms with Crippen molar-refractivity contribution in [2.45, 2.75) is 12.6 Å². The van der Waals surface area contributed by atoms with Gasteiger partial charge in [-0.25, -0.2) is 4.68 Å². The Hall–Kier alpha value is -3.26. The molecule has 0 fully saturated rings. The van der Waals surface area contributed by atoms with Gasteiger partial charge in [-0.3, -0.25) is 9.59 Å². The quantitative estimate of drug-likeness (QED) is 0.673. The van der Waals surface area contributed by atoms with Crippen molar-refractivity contribution in [3.63, 3.8) is 0 Å². The summed E-state index contributed by atoms with van der Waals surface area (Å²) in [4.78, 5) is 24.4. The summed E-state index contributed by atoms with van der Waals surface area (Å²) in [6, 6.07) is 13.7. The maximum Gasteiger partial charge on any atom is 0.278 e. The number of fused-ring (bicyclic) bond motifs is 1. The van der Waals surface area contributed by atoms with Gasteiger partial charge in [-0.1, -0.05) is 29.5 Å². The molecule has 0 aliphatic rings. The van der Waals surface area contributed by atoms with Gasteiger partial charge < -0.3 is 15.2 Å². The van der Waals surface area contributed by atoms with Crippen LogP contribution in [0.2, 0.25) is 0 Å². The Labute approximate surface area is 149 Å². The van der Waals surface area contributed by atoms with Gasteiger partial charge in [0.15, 0.2) is 0 Å². The first kappa shape index (κ1) is 17.6. The second-order valence-electron chi connectivity index (χ2n) is 5.66. The average Bonchev–Trinajstić information content (AvgIpc) is 2.68. The fourth-order valence-corrected chi connectivity index (χ4v) is 2.47. The number of methoxy groups -OCH3 is 1. The molecule has 3 rings (SSSR count). The molecular weight excluding hydrogens is 336 g/mol. The lowest BCUT2D eigenvalue weighted by atomic mass is 10.1. The number of hydrogen-bond acceptors (Lipinski definition) is 6. The maximum atomic E-state index is 12.3. The molecule has 1 atom stereocenters. The van der Waals surface area contributed by atoms with Gasteiger partial charge in [0.25, 0.3) is 5.56 Å². The maximum absolute atomic E-state index is 12.3. The Kier molecular flexibility index (Phi) is 5.23. The Bertz CT molecular complexity index is 969. The summed E-state index contributed by atoms with van der Waals surface area (Å²) in [5.41, 5.74) is 0.735. The minimum absolute atomic E-state index is 0.0148. The predicted octanol–water partition coefficient (Wildman–Crippen LogP) is 0.650. The van der Waals surface area contributed by atoms with Crippen molar-refractivity contribution in [2.24, 2.45) is 0 Å². The Balaban J connectivity index is 1.62. The summed E-state index contributed by atoms with van der Waals surface area (Å²) >= 11 is 0. The molecule has 1 amide bonds. The van der Waals surface area contributed by atoms with Crippen LogP contribution >= 0.6 is 0 Å². The highest BCUT2D eigenvalue weighted by Gasteiger charge is 2.12. The van der Waals surface area contributed by atoms with Crippen LogP contribution in [0.25, 0.3) is 10.9 Å². The lowest BCUT2D eigenvalue weighted by Crippen LogP contribution is -2.36. The van der Waals surface area contributed by atoms with Crippen molar-refractivity contribution < 1.29 is 14.6 Å². The van der Waals surface area contributed by atoms with Gasteiger partial charge in [0.05, 0.1) is 18.6 Å². The van der Waals surface area contributed by atoms with Crippen molar-refractivity contribution in [1.82, 2.24) is 20.3 Å². The first-order valence-electron chi connectivity index (χ1n) is 8.00. The molecule has 1 heterocycles. The molecule has 2 N–H and O–H groups in total. The molecule has 0 radical (unpaired) electrons. The van der Waals surface area contributed by atoms with Crippen LogP contribution in [0, 0.1) is 0 Å². The number of rotatable bonds is 6. The molecule has 2 aromatic carbocycles. The summed E-state index contributed by atoms with van der Waals surface area (Å²) in [6.07, 6.45) is -0.871. The van der Waals surface area contributed by atoms with Crippen LogP contribution in [-0.4, -0.2) is 39.7 Å². The summed E-state index contributed by atoms with van der Waals surface area (Å²) in [6.45, 7) is -0.257. The standard InChI is InChI=1S/C18H18N4O4/c1-26-13-8-6-12(7-9-13)16(23)10-19-17(24)11-22-18(25)14-4-2-3-5-15(14)20-21-22/h2-9,16,23H,10-11H2,1H3,(H,19,24). The van der Waals surface area contributed by atoms with Gasteiger partial charge in [-0.2, -0.15) is 0 Å². The molecule has 3 aromatic rings. The zero-order valence-corrected chi connectivity index (χ0v) is 14.1. The van der Waals surface area contributed by atoms with Crippen LogP contribution in [0.15, 0.2) is 53.3 Å². The first-order chi connectivity index (χ1) is 12.6. The van der Waals surface area contributed by atoms with Crippen molar-refractivity contribution in [3.8, 4) is 5.75 Å². The second-order valence-corrected chi connectivity index (χ2v) is 5.66. The number of carbonyl (C=O) groups excluding carboxylic acids is 1. The molecular formula is C18H18N4O4. The van der Waals surface area contributed by atoms with Gasteiger partial charge in [0.1, 0.15) is 17.8 Å². The van der Waals surface area contributed by atoms with Crippen molar-refractivity contribution in [1.29, 1.82) is 0 Å². The highest BCUT2D eigenvalue weighted by atomic mass is 16.5. The highest BCUT2D eigenvalue weighted by molar-refractivity contribution is 5.78. The number of amides is 1. The van der Waals surface area contributed by atoms with E-state index >= 15 is 0 Å². The van der Waals surface area contributed by atoms with Gasteiger partial charge in [0.2, 0.25) is 5.91 Å². The molecule has 1 aromatic heterocycles. The number of ether oxygens (including phenoxy) is 1. The Morgan fingerprint density at radius 1 is 1.23 bits per heavy atom. The summed E-state index contributed by atoms with van der Waals surface area (Å²) in [5.74, 6) is 0.239. The van der Waals surface area contributed by atoms with E-state index in [2.05, 4.69) is 15.6 Å². The van der Waals surface area contributed by atoms with E-state index in [1.807, 2.05) is 0 Å². The number of aliphatic hydroxyl groups is 1. The minimum Gasteiger partial charge on any atom is -0.497 e. The first-order valence-corrected chi connectivity index (χ1v) is 8.00. The number of carbonyl (C=O) groups is 1. The largest absolute Gasteiger partial charge is 0.497 e. The average molecular weight is 354 g/mol. The van der Waals surface area contributed by atoms with Gasteiger partial charge in [0, 0.05) is 6.54 Å². The van der Waals surface area contributed by atoms with Gasteiger partial charge in [-0.15, -0.1) is 5.10 Å². The number of aromatic nitrogens is 3. The third-order valence-electron chi connectivity index (χ3n) is 3.92. The molecule has 0 saturated heterocycles. The Morgan fingerprint density at radius 2 is 1.96 bits per heavy atom. The predicted molar refractivity (Wildman–Crippen MR) is 94.8 cm³/mol. The SMILES string of the molecule is COc1ccc(C(O)CNC(=O)Cn2nnc3ccccc3c2=O)cc1. The second kappa shape index (κ2) is 7.75. The van der Waals surface area contributed by atoms with Crippen LogP contribution in [0.5, 0.6) is 5.75 Å². The Morgan fingerprint density at radius 3 is 2.69 bits per heavy atom. The summed E-state index contributed by atoms with van der Waals surface area (Å²) < 4.78 is 6.06. The molecule has 26 heavy (non-hydrogen) atoms. The van der Waals surface area contributed by atoms with Crippen LogP contribution in [0.3, 0.4) is 0 Å². The monoisotopic (exact) mass is 354 g/mol. The third-order valence-corrected chi connectivity index (χ3v) is 3.92. The topological polar surface area (TPSA) is 106 Å². The molecule has 8 heteroatoms. The molecule has 0 aliphatic heterocycles. The van der Waals surface area contributed by atoms with Crippen LogP contribution < -0.4 is 15.6 Å². The van der Waals surface area contributed by atoms with Gasteiger partial charge in [-0.05, 0) is 29.8 Å². The zero-order chi connectivity index (χ0) is 18.5. The lowest BCUT2D eigenvalue weighted by Gasteiger charge is -2.13. The fraction of sp³-hybridized carbons (Fsp3) is 0.222. The minimum atomic E-state index is -0.871. The molecule has 1 unspecified atom stereocenters. The molecule has 0 bridgehead atoms. The van der Waals surface area contributed by atoms with E-state index in [4.69, 9.17) is 4.74 Å². The van der Waals surface area contributed by atoms with E-state index in [9.17, 15) is 14.7 Å². The number of aliphatic hydroxyl groups excluding tert-OH is 1. The lowest BCUT2D eigenvalue weighted by molar-refractivity contribution is -0.122. The number of benzene rings is 2. The summed E-state index contributed by atoms with van der Waals surface area (Å²) in [5, 5.41) is 20.8. The van der Waals surface area contributed by atoms with Gasteiger partial charge >= 0.3 is 0 Å². The molecule has 0 saturated carbocycles.